The van der Waals surface area contributed by atoms with E-state index in [1.54, 1.807) is 27.7 Å². The number of rotatable bonds is 7. The largest absolute Gasteiger partial charge is 0.279 e. The molecule has 0 fully saturated rings. The summed E-state index contributed by atoms with van der Waals surface area (Å²) >= 11 is 0. The molecule has 28 heavy (non-hydrogen) atoms. The molecule has 2 rings (SSSR count). The van der Waals surface area contributed by atoms with E-state index in [2.05, 4.69) is 4.72 Å². The maximum absolute atomic E-state index is 13.4. The average Bonchev–Trinajstić information content (AvgIpc) is 2.58. The molecule has 0 atom stereocenters. The zero-order valence-corrected chi connectivity index (χ0v) is 17.6. The smallest absolute Gasteiger partial charge is 0.262 e. The number of benzene rings is 2. The van der Waals surface area contributed by atoms with E-state index < -0.39 is 36.6 Å². The summed E-state index contributed by atoms with van der Waals surface area (Å²) in [5.41, 5.74) is 1.07. The maximum Gasteiger partial charge on any atom is 0.262 e. The fraction of sp³-hybridized carbons (Fsp3) is 0.333. The van der Waals surface area contributed by atoms with Crippen molar-refractivity contribution in [3.05, 3.63) is 53.1 Å². The Morgan fingerprint density at radius 1 is 0.857 bits per heavy atom. The molecule has 0 aromatic heterocycles. The van der Waals surface area contributed by atoms with Crippen LogP contribution in [0.4, 0.5) is 14.5 Å². The third kappa shape index (κ3) is 4.50. The first kappa shape index (κ1) is 22.3. The lowest BCUT2D eigenvalue weighted by Gasteiger charge is -2.20. The zero-order valence-electron chi connectivity index (χ0n) is 16.0. The predicted octanol–water partition coefficient (Wildman–Crippen LogP) is 3.41. The third-order valence-corrected chi connectivity index (χ3v) is 7.75. The molecule has 154 valence electrons. The van der Waals surface area contributed by atoms with Crippen LogP contribution in [0, 0.1) is 25.5 Å². The van der Waals surface area contributed by atoms with Gasteiger partial charge < -0.3 is 0 Å². The normalized spacial score (nSPS) is 12.4. The third-order valence-electron chi connectivity index (χ3n) is 4.37. The van der Waals surface area contributed by atoms with Gasteiger partial charge in [0.2, 0.25) is 10.0 Å². The summed E-state index contributed by atoms with van der Waals surface area (Å²) in [5.74, 6) is -2.07. The Morgan fingerprint density at radius 2 is 1.39 bits per heavy atom. The van der Waals surface area contributed by atoms with Crippen LogP contribution in [0.3, 0.4) is 0 Å². The Morgan fingerprint density at radius 3 is 1.89 bits per heavy atom. The molecule has 10 heteroatoms. The Kier molecular flexibility index (Phi) is 6.47. The maximum atomic E-state index is 13.4. The molecule has 0 aliphatic heterocycles. The van der Waals surface area contributed by atoms with Crippen molar-refractivity contribution in [2.45, 2.75) is 37.5 Å². The molecule has 0 saturated heterocycles. The molecule has 0 aliphatic carbocycles. The van der Waals surface area contributed by atoms with Gasteiger partial charge >= 0.3 is 0 Å². The monoisotopic (exact) mass is 432 g/mol. The molecule has 0 saturated carbocycles. The lowest BCUT2D eigenvalue weighted by molar-refractivity contribution is 0.445. The minimum absolute atomic E-state index is 0.0235. The van der Waals surface area contributed by atoms with E-state index >= 15 is 0 Å². The van der Waals surface area contributed by atoms with Gasteiger partial charge in [0, 0.05) is 19.2 Å². The van der Waals surface area contributed by atoms with Crippen LogP contribution in [-0.2, 0) is 20.0 Å². The summed E-state index contributed by atoms with van der Waals surface area (Å²) in [7, 11) is -8.15. The van der Waals surface area contributed by atoms with E-state index in [-0.39, 0.29) is 23.7 Å². The van der Waals surface area contributed by atoms with Crippen LogP contribution in [0.25, 0.3) is 0 Å². The summed E-state index contributed by atoms with van der Waals surface area (Å²) < 4.78 is 81.0. The highest BCUT2D eigenvalue weighted by molar-refractivity contribution is 7.92. The van der Waals surface area contributed by atoms with Crippen LogP contribution >= 0.6 is 0 Å². The standard InChI is InChI=1S/C18H22F2N2O4S2/c1-5-22(6-2)28(25,26)17-7-12(3)13(4)18(11-17)21-27(23,24)16-9-14(19)8-15(20)10-16/h7-11,21H,5-6H2,1-4H3. The molecule has 0 unspecified atom stereocenters. The molecule has 0 amide bonds. The molecule has 6 nitrogen and oxygen atoms in total. The van der Waals surface area contributed by atoms with Gasteiger partial charge in [0.15, 0.2) is 0 Å². The van der Waals surface area contributed by atoms with E-state index in [1.807, 2.05) is 0 Å². The second-order valence-corrected chi connectivity index (χ2v) is 9.83. The van der Waals surface area contributed by atoms with E-state index in [1.165, 1.54) is 16.4 Å². The highest BCUT2D eigenvalue weighted by Crippen LogP contribution is 2.28. The molecule has 0 spiro atoms. The lowest BCUT2D eigenvalue weighted by atomic mass is 10.1. The molecule has 2 aromatic rings. The van der Waals surface area contributed by atoms with Gasteiger partial charge in [-0.15, -0.1) is 0 Å². The quantitative estimate of drug-likeness (QED) is 0.727. The van der Waals surface area contributed by atoms with Crippen LogP contribution in [0.15, 0.2) is 40.1 Å². The van der Waals surface area contributed by atoms with Gasteiger partial charge in [-0.3, -0.25) is 4.72 Å². The minimum Gasteiger partial charge on any atom is -0.279 e. The first-order valence-electron chi connectivity index (χ1n) is 8.52. The number of nitrogens with one attached hydrogen (secondary N) is 1. The fourth-order valence-corrected chi connectivity index (χ4v) is 5.41. The van der Waals surface area contributed by atoms with Gasteiger partial charge in [-0.2, -0.15) is 4.31 Å². The molecule has 1 N–H and O–H groups in total. The van der Waals surface area contributed by atoms with Crippen molar-refractivity contribution in [3.8, 4) is 0 Å². The second-order valence-electron chi connectivity index (χ2n) is 6.21. The van der Waals surface area contributed by atoms with E-state index in [0.29, 0.717) is 29.3 Å². The number of sulfonamides is 2. The number of hydrogen-bond donors (Lipinski definition) is 1. The van der Waals surface area contributed by atoms with Gasteiger partial charge in [-0.25, -0.2) is 25.6 Å². The SMILES string of the molecule is CCN(CC)S(=O)(=O)c1cc(C)c(C)c(NS(=O)(=O)c2cc(F)cc(F)c2)c1. The van der Waals surface area contributed by atoms with Crippen molar-refractivity contribution in [3.63, 3.8) is 0 Å². The Hall–Kier alpha value is -2.04. The molecule has 0 heterocycles. The lowest BCUT2D eigenvalue weighted by Crippen LogP contribution is -2.30. The highest BCUT2D eigenvalue weighted by atomic mass is 32.2. The van der Waals surface area contributed by atoms with Crippen molar-refractivity contribution in [2.75, 3.05) is 17.8 Å². The number of nitrogens with zero attached hydrogens (tertiary/aromatic N) is 1. The van der Waals surface area contributed by atoms with Gasteiger partial charge in [-0.1, -0.05) is 13.8 Å². The van der Waals surface area contributed by atoms with E-state index in [0.717, 1.165) is 0 Å². The Bertz CT molecular complexity index is 1080. The van der Waals surface area contributed by atoms with Crippen molar-refractivity contribution < 1.29 is 25.6 Å². The Balaban J connectivity index is 2.56. The first-order chi connectivity index (χ1) is 12.9. The van der Waals surface area contributed by atoms with Gasteiger partial charge in [-0.05, 0) is 49.2 Å². The van der Waals surface area contributed by atoms with Gasteiger partial charge in [0.1, 0.15) is 11.6 Å². The van der Waals surface area contributed by atoms with E-state index in [4.69, 9.17) is 0 Å². The molecule has 2 aromatic carbocycles. The topological polar surface area (TPSA) is 83.6 Å². The summed E-state index contributed by atoms with van der Waals surface area (Å²) in [5, 5.41) is 0. The van der Waals surface area contributed by atoms with Gasteiger partial charge in [0.25, 0.3) is 10.0 Å². The van der Waals surface area contributed by atoms with Gasteiger partial charge in [0.05, 0.1) is 15.5 Å². The summed E-state index contributed by atoms with van der Waals surface area (Å²) in [6.07, 6.45) is 0. The first-order valence-corrected chi connectivity index (χ1v) is 11.4. The molecule has 0 aliphatic rings. The van der Waals surface area contributed by atoms with E-state index in [9.17, 15) is 25.6 Å². The summed E-state index contributed by atoms with van der Waals surface area (Å²) in [6, 6.07) is 4.60. The Labute approximate surface area is 164 Å². The highest BCUT2D eigenvalue weighted by Gasteiger charge is 2.25. The van der Waals surface area contributed by atoms with Crippen molar-refractivity contribution in [1.29, 1.82) is 0 Å². The zero-order chi connectivity index (χ0) is 21.3. The minimum atomic E-state index is -4.33. The molecule has 0 bridgehead atoms. The molecular formula is C18H22F2N2O4S2. The van der Waals surface area contributed by atoms with Crippen molar-refractivity contribution >= 4 is 25.7 Å². The van der Waals surface area contributed by atoms with Crippen LogP contribution in [0.1, 0.15) is 25.0 Å². The number of halogens is 2. The molecule has 0 radical (unpaired) electrons. The van der Waals surface area contributed by atoms with Crippen LogP contribution in [0.2, 0.25) is 0 Å². The molecular weight excluding hydrogens is 410 g/mol. The summed E-state index contributed by atoms with van der Waals surface area (Å²) in [6.45, 7) is 7.18. The van der Waals surface area contributed by atoms with Crippen molar-refractivity contribution in [2.24, 2.45) is 0 Å². The van der Waals surface area contributed by atoms with Crippen LogP contribution in [-0.4, -0.2) is 34.2 Å². The number of hydrogen-bond acceptors (Lipinski definition) is 4. The fourth-order valence-electron chi connectivity index (χ4n) is 2.68. The number of aryl methyl sites for hydroxylation is 1. The van der Waals surface area contributed by atoms with Crippen molar-refractivity contribution in [1.82, 2.24) is 4.31 Å². The van der Waals surface area contributed by atoms with Crippen LogP contribution < -0.4 is 4.72 Å². The predicted molar refractivity (Wildman–Crippen MR) is 103 cm³/mol. The second kappa shape index (κ2) is 8.14. The average molecular weight is 433 g/mol. The van der Waals surface area contributed by atoms with Crippen LogP contribution in [0.5, 0.6) is 0 Å². The summed E-state index contributed by atoms with van der Waals surface area (Å²) in [4.78, 5) is -0.665. The number of anilines is 1.